The Morgan fingerprint density at radius 2 is 1.97 bits per heavy atom. The molecule has 1 aliphatic rings. The number of alkyl halides is 3. The van der Waals surface area contributed by atoms with E-state index in [-0.39, 0.29) is 31.5 Å². The van der Waals surface area contributed by atoms with Crippen LogP contribution in [0.4, 0.5) is 13.2 Å². The summed E-state index contributed by atoms with van der Waals surface area (Å²) in [5.74, 6) is 0.932. The lowest BCUT2D eigenvalue weighted by Crippen LogP contribution is -2.23. The standard InChI is InChI=1S/C20H16F3N3O4/c21-20(22,23)14-2-1-3-15(9-14)28-11-26-7-6-16(25-26)19(27)24-10-13-4-5-17-18(8-13)30-12-29-17/h1-9H,10-12H2,(H,24,27). The molecule has 0 radical (unpaired) electrons. The summed E-state index contributed by atoms with van der Waals surface area (Å²) < 4.78 is 55.4. The van der Waals surface area contributed by atoms with Gasteiger partial charge in [-0.3, -0.25) is 4.79 Å². The molecule has 3 aromatic rings. The van der Waals surface area contributed by atoms with Gasteiger partial charge in [0.15, 0.2) is 18.2 Å². The number of amides is 1. The molecule has 0 aliphatic carbocycles. The summed E-state index contributed by atoms with van der Waals surface area (Å²) in [5.41, 5.74) is 0.187. The maximum atomic E-state index is 12.8. The van der Waals surface area contributed by atoms with E-state index in [0.29, 0.717) is 11.5 Å². The van der Waals surface area contributed by atoms with Gasteiger partial charge in [0.2, 0.25) is 6.79 Å². The number of ether oxygens (including phenoxy) is 3. The summed E-state index contributed by atoms with van der Waals surface area (Å²) in [5, 5.41) is 6.82. The van der Waals surface area contributed by atoms with Crippen LogP contribution >= 0.6 is 0 Å². The third-order valence-corrected chi connectivity index (χ3v) is 4.29. The molecule has 0 fully saturated rings. The van der Waals surface area contributed by atoms with E-state index in [9.17, 15) is 18.0 Å². The number of carbonyl (C=O) groups is 1. The van der Waals surface area contributed by atoms with Gasteiger partial charge in [-0.05, 0) is 42.0 Å². The van der Waals surface area contributed by atoms with Gasteiger partial charge in [-0.1, -0.05) is 12.1 Å². The van der Waals surface area contributed by atoms with Crippen molar-refractivity contribution in [2.45, 2.75) is 19.5 Å². The quantitative estimate of drug-likeness (QED) is 0.661. The number of nitrogens with zero attached hydrogens (tertiary/aromatic N) is 2. The van der Waals surface area contributed by atoms with Gasteiger partial charge in [0.1, 0.15) is 11.4 Å². The van der Waals surface area contributed by atoms with Crippen LogP contribution in [-0.4, -0.2) is 22.5 Å². The van der Waals surface area contributed by atoms with E-state index < -0.39 is 17.6 Å². The van der Waals surface area contributed by atoms with Crippen molar-refractivity contribution >= 4 is 5.91 Å². The number of rotatable bonds is 6. The largest absolute Gasteiger partial charge is 0.471 e. The van der Waals surface area contributed by atoms with E-state index in [4.69, 9.17) is 14.2 Å². The van der Waals surface area contributed by atoms with E-state index >= 15 is 0 Å². The van der Waals surface area contributed by atoms with Gasteiger partial charge in [-0.15, -0.1) is 0 Å². The molecule has 1 aromatic heterocycles. The fraction of sp³-hybridized carbons (Fsp3) is 0.200. The average molecular weight is 419 g/mol. The predicted octanol–water partition coefficient (Wildman–Crippen LogP) is 3.60. The molecule has 1 N–H and O–H groups in total. The second kappa shape index (κ2) is 7.97. The fourth-order valence-electron chi connectivity index (χ4n) is 2.78. The first-order valence-corrected chi connectivity index (χ1v) is 8.89. The van der Waals surface area contributed by atoms with Crippen LogP contribution in [0.3, 0.4) is 0 Å². The van der Waals surface area contributed by atoms with Crippen LogP contribution in [0.1, 0.15) is 21.6 Å². The zero-order chi connectivity index (χ0) is 21.1. The highest BCUT2D eigenvalue weighted by Gasteiger charge is 2.30. The van der Waals surface area contributed by atoms with Crippen molar-refractivity contribution in [3.8, 4) is 17.2 Å². The first kappa shape index (κ1) is 19.6. The number of aromatic nitrogens is 2. The van der Waals surface area contributed by atoms with E-state index in [1.54, 1.807) is 12.1 Å². The van der Waals surface area contributed by atoms with Gasteiger partial charge >= 0.3 is 6.18 Å². The molecule has 0 saturated carbocycles. The smallest absolute Gasteiger partial charge is 0.416 e. The first-order chi connectivity index (χ1) is 14.4. The maximum absolute atomic E-state index is 12.8. The Balaban J connectivity index is 1.32. The molecule has 7 nitrogen and oxygen atoms in total. The summed E-state index contributed by atoms with van der Waals surface area (Å²) in [4.78, 5) is 12.3. The van der Waals surface area contributed by atoms with Crippen molar-refractivity contribution < 1.29 is 32.2 Å². The monoisotopic (exact) mass is 419 g/mol. The molecule has 1 amide bonds. The van der Waals surface area contributed by atoms with Crippen LogP contribution in [0.2, 0.25) is 0 Å². The van der Waals surface area contributed by atoms with E-state index in [0.717, 1.165) is 17.7 Å². The minimum absolute atomic E-state index is 0.0501. The van der Waals surface area contributed by atoms with Crippen molar-refractivity contribution in [2.75, 3.05) is 6.79 Å². The van der Waals surface area contributed by atoms with Gasteiger partial charge in [0.25, 0.3) is 5.91 Å². The lowest BCUT2D eigenvalue weighted by molar-refractivity contribution is -0.137. The molecule has 0 saturated heterocycles. The number of fused-ring (bicyclic) bond motifs is 1. The third-order valence-electron chi connectivity index (χ3n) is 4.29. The van der Waals surface area contributed by atoms with Crippen molar-refractivity contribution in [3.63, 3.8) is 0 Å². The number of nitrogens with one attached hydrogen (secondary N) is 1. The van der Waals surface area contributed by atoms with Crippen molar-refractivity contribution in [3.05, 3.63) is 71.5 Å². The first-order valence-electron chi connectivity index (χ1n) is 8.89. The van der Waals surface area contributed by atoms with Gasteiger partial charge in [-0.25, -0.2) is 4.68 Å². The zero-order valence-electron chi connectivity index (χ0n) is 15.5. The molecule has 0 bridgehead atoms. The molecule has 2 heterocycles. The predicted molar refractivity (Wildman–Crippen MR) is 98.0 cm³/mol. The Morgan fingerprint density at radius 3 is 2.80 bits per heavy atom. The number of halogens is 3. The van der Waals surface area contributed by atoms with Gasteiger partial charge in [0, 0.05) is 12.7 Å². The molecular weight excluding hydrogens is 403 g/mol. The van der Waals surface area contributed by atoms with E-state index in [1.165, 1.54) is 29.1 Å². The molecular formula is C20H16F3N3O4. The minimum atomic E-state index is -4.45. The van der Waals surface area contributed by atoms with Gasteiger partial charge in [-0.2, -0.15) is 18.3 Å². The zero-order valence-corrected chi connectivity index (χ0v) is 15.5. The summed E-state index contributed by atoms with van der Waals surface area (Å²) in [6, 6.07) is 11.4. The van der Waals surface area contributed by atoms with Crippen molar-refractivity contribution in [2.24, 2.45) is 0 Å². The molecule has 30 heavy (non-hydrogen) atoms. The number of hydrogen-bond acceptors (Lipinski definition) is 5. The van der Waals surface area contributed by atoms with Crippen molar-refractivity contribution in [1.29, 1.82) is 0 Å². The van der Waals surface area contributed by atoms with Crippen LogP contribution in [0, 0.1) is 0 Å². The highest BCUT2D eigenvalue weighted by molar-refractivity contribution is 5.92. The highest BCUT2D eigenvalue weighted by atomic mass is 19.4. The van der Waals surface area contributed by atoms with Crippen LogP contribution < -0.4 is 19.5 Å². The molecule has 156 valence electrons. The molecule has 10 heteroatoms. The van der Waals surface area contributed by atoms with Gasteiger partial charge < -0.3 is 19.5 Å². The Morgan fingerprint density at radius 1 is 1.13 bits per heavy atom. The highest BCUT2D eigenvalue weighted by Crippen LogP contribution is 2.32. The molecule has 0 atom stereocenters. The van der Waals surface area contributed by atoms with Crippen LogP contribution in [0.15, 0.2) is 54.7 Å². The maximum Gasteiger partial charge on any atom is 0.416 e. The number of hydrogen-bond donors (Lipinski definition) is 1. The lowest BCUT2D eigenvalue weighted by Gasteiger charge is -2.10. The summed E-state index contributed by atoms with van der Waals surface area (Å²) in [7, 11) is 0. The van der Waals surface area contributed by atoms with E-state index in [1.807, 2.05) is 6.07 Å². The Labute approximate surface area is 169 Å². The molecule has 0 unspecified atom stereocenters. The third kappa shape index (κ3) is 4.48. The Bertz CT molecular complexity index is 1070. The van der Waals surface area contributed by atoms with Crippen LogP contribution in [0.25, 0.3) is 0 Å². The molecule has 4 rings (SSSR count). The van der Waals surface area contributed by atoms with Crippen LogP contribution in [-0.2, 0) is 19.5 Å². The lowest BCUT2D eigenvalue weighted by atomic mass is 10.2. The second-order valence-corrected chi connectivity index (χ2v) is 6.41. The molecule has 1 aliphatic heterocycles. The van der Waals surface area contributed by atoms with E-state index in [2.05, 4.69) is 10.4 Å². The SMILES string of the molecule is O=C(NCc1ccc2c(c1)OCO2)c1ccn(COc2cccc(C(F)(F)F)c2)n1. The summed E-state index contributed by atoms with van der Waals surface area (Å²) >= 11 is 0. The Kier molecular flexibility index (Phi) is 5.21. The molecule has 2 aromatic carbocycles. The summed E-state index contributed by atoms with van der Waals surface area (Å²) in [6.45, 7) is 0.297. The minimum Gasteiger partial charge on any atom is -0.471 e. The topological polar surface area (TPSA) is 74.6 Å². The van der Waals surface area contributed by atoms with Crippen LogP contribution in [0.5, 0.6) is 17.2 Å². The average Bonchev–Trinajstić information content (AvgIpc) is 3.39. The van der Waals surface area contributed by atoms with Crippen molar-refractivity contribution in [1.82, 2.24) is 15.1 Å². The molecule has 0 spiro atoms. The number of benzene rings is 2. The Hall–Kier alpha value is -3.69. The van der Waals surface area contributed by atoms with Gasteiger partial charge in [0.05, 0.1) is 5.56 Å². The summed E-state index contributed by atoms with van der Waals surface area (Å²) in [6.07, 6.45) is -2.95. The number of carbonyl (C=O) groups excluding carboxylic acids is 1. The second-order valence-electron chi connectivity index (χ2n) is 6.41. The normalized spacial score (nSPS) is 12.6. The fourth-order valence-corrected chi connectivity index (χ4v) is 2.78.